The van der Waals surface area contributed by atoms with Crippen molar-refractivity contribution < 1.29 is 18.8 Å². The molecule has 13 heteroatoms. The first-order chi connectivity index (χ1) is 20.0. The molecule has 0 radical (unpaired) electrons. The minimum absolute atomic E-state index is 0. The van der Waals surface area contributed by atoms with Gasteiger partial charge >= 0.3 is 0 Å². The van der Waals surface area contributed by atoms with Gasteiger partial charge in [-0.3, -0.25) is 24.8 Å². The van der Waals surface area contributed by atoms with Crippen LogP contribution >= 0.6 is 12.4 Å². The fraction of sp³-hybridized carbons (Fsp3) is 0.433. The molecule has 0 bridgehead atoms. The van der Waals surface area contributed by atoms with E-state index < -0.39 is 41.5 Å². The van der Waals surface area contributed by atoms with Gasteiger partial charge in [0.2, 0.25) is 17.7 Å². The summed E-state index contributed by atoms with van der Waals surface area (Å²) in [6.45, 7) is 0.271. The van der Waals surface area contributed by atoms with Crippen LogP contribution in [-0.2, 0) is 20.8 Å². The topological polar surface area (TPSA) is 216 Å². The summed E-state index contributed by atoms with van der Waals surface area (Å²) in [6.07, 6.45) is 5.21. The van der Waals surface area contributed by atoms with E-state index in [4.69, 9.17) is 28.3 Å². The predicted octanol–water partition coefficient (Wildman–Crippen LogP) is 1.95. The molecule has 0 spiro atoms. The van der Waals surface area contributed by atoms with Crippen molar-refractivity contribution in [2.24, 2.45) is 33.8 Å². The molecule has 0 saturated heterocycles. The Balaban J connectivity index is 0.00000645. The van der Waals surface area contributed by atoms with Crippen LogP contribution in [0.3, 0.4) is 0 Å². The average molecular weight is 617 g/mol. The third kappa shape index (κ3) is 10.9. The Morgan fingerprint density at radius 3 is 2.21 bits per heavy atom. The largest absolute Gasteiger partial charge is 0.384 e. The van der Waals surface area contributed by atoms with E-state index in [1.54, 1.807) is 30.3 Å². The summed E-state index contributed by atoms with van der Waals surface area (Å²) in [5, 5.41) is 13.3. The number of hydrogen-bond donors (Lipinski definition) is 7. The number of primary amides is 1. The molecule has 1 aliphatic rings. The third-order valence-electron chi connectivity index (χ3n) is 7.58. The van der Waals surface area contributed by atoms with E-state index in [0.29, 0.717) is 17.5 Å². The van der Waals surface area contributed by atoms with Crippen molar-refractivity contribution >= 4 is 41.9 Å². The zero-order chi connectivity index (χ0) is 30.6. The van der Waals surface area contributed by atoms with Gasteiger partial charge in [-0.05, 0) is 61.3 Å². The summed E-state index contributed by atoms with van der Waals surface area (Å²) in [5.41, 5.74) is 23.6. The van der Waals surface area contributed by atoms with E-state index in [-0.39, 0.29) is 49.5 Å². The molecule has 234 valence electrons. The molecular formula is C30H42ClFN8O3. The van der Waals surface area contributed by atoms with Crippen LogP contribution in [0.25, 0.3) is 0 Å². The number of guanidine groups is 1. The molecule has 11 N–H and O–H groups in total. The van der Waals surface area contributed by atoms with Crippen molar-refractivity contribution in [2.45, 2.75) is 69.4 Å². The van der Waals surface area contributed by atoms with Crippen LogP contribution in [0.4, 0.5) is 4.39 Å². The number of amidine groups is 1. The van der Waals surface area contributed by atoms with Crippen molar-refractivity contribution in [3.05, 3.63) is 71.0 Å². The fourth-order valence-electron chi connectivity index (χ4n) is 5.31. The normalized spacial score (nSPS) is 15.2. The average Bonchev–Trinajstić information content (AvgIpc) is 2.96. The summed E-state index contributed by atoms with van der Waals surface area (Å²) in [4.78, 5) is 43.6. The first-order valence-corrected chi connectivity index (χ1v) is 14.2. The Bertz CT molecular complexity index is 1280. The summed E-state index contributed by atoms with van der Waals surface area (Å²) >= 11 is 0. The number of benzene rings is 2. The Morgan fingerprint density at radius 2 is 1.63 bits per heavy atom. The van der Waals surface area contributed by atoms with Gasteiger partial charge in [0, 0.05) is 12.1 Å². The van der Waals surface area contributed by atoms with Crippen LogP contribution in [0.2, 0.25) is 0 Å². The maximum atomic E-state index is 14.2. The van der Waals surface area contributed by atoms with Crippen molar-refractivity contribution in [3.8, 4) is 0 Å². The highest BCUT2D eigenvalue weighted by Gasteiger charge is 2.35. The molecule has 3 rings (SSSR count). The van der Waals surface area contributed by atoms with Crippen LogP contribution in [0.15, 0.2) is 53.5 Å². The van der Waals surface area contributed by atoms with Gasteiger partial charge in [0.05, 0.1) is 5.92 Å². The van der Waals surface area contributed by atoms with E-state index in [1.165, 1.54) is 18.2 Å². The van der Waals surface area contributed by atoms with Crippen LogP contribution in [0.5, 0.6) is 0 Å². The second kappa shape index (κ2) is 17.1. The monoisotopic (exact) mass is 616 g/mol. The number of nitrogens with one attached hydrogen (secondary N) is 3. The van der Waals surface area contributed by atoms with E-state index in [9.17, 15) is 18.8 Å². The Hall–Kier alpha value is -4.19. The Morgan fingerprint density at radius 1 is 0.953 bits per heavy atom. The van der Waals surface area contributed by atoms with Gasteiger partial charge in [-0.1, -0.05) is 55.7 Å². The number of nitrogens with two attached hydrogens (primary N) is 4. The number of nitrogens with zero attached hydrogens (tertiary/aromatic N) is 1. The minimum atomic E-state index is -0.964. The second-order valence-corrected chi connectivity index (χ2v) is 10.7. The number of rotatable bonds is 14. The first kappa shape index (κ1) is 35.0. The smallest absolute Gasteiger partial charge is 0.243 e. The Labute approximate surface area is 257 Å². The number of aliphatic imine (C=N–C) groups is 1. The molecule has 3 amide bonds. The van der Waals surface area contributed by atoms with Gasteiger partial charge < -0.3 is 33.6 Å². The lowest BCUT2D eigenvalue weighted by Gasteiger charge is -2.32. The highest BCUT2D eigenvalue weighted by molar-refractivity contribution is 5.95. The second-order valence-electron chi connectivity index (χ2n) is 10.7. The summed E-state index contributed by atoms with van der Waals surface area (Å²) in [6, 6.07) is 10.9. The highest BCUT2D eigenvalue weighted by atomic mass is 35.5. The molecular weight excluding hydrogens is 575 g/mol. The number of carbonyl (C=O) groups excluding carboxylic acids is 3. The number of hydrogen-bond acceptors (Lipinski definition) is 5. The van der Waals surface area contributed by atoms with Gasteiger partial charge in [-0.2, -0.15) is 0 Å². The Kier molecular flexibility index (Phi) is 13.9. The molecule has 2 aromatic carbocycles. The van der Waals surface area contributed by atoms with Gasteiger partial charge in [-0.25, -0.2) is 4.39 Å². The molecule has 3 atom stereocenters. The predicted molar refractivity (Wildman–Crippen MR) is 167 cm³/mol. The lowest BCUT2D eigenvalue weighted by atomic mass is 9.82. The third-order valence-corrected chi connectivity index (χ3v) is 7.58. The number of carbonyl (C=O) groups is 3. The van der Waals surface area contributed by atoms with Crippen molar-refractivity contribution in [3.63, 3.8) is 0 Å². The quantitative estimate of drug-likeness (QED) is 0.0955. The van der Waals surface area contributed by atoms with E-state index in [1.807, 2.05) is 0 Å². The minimum Gasteiger partial charge on any atom is -0.384 e. The van der Waals surface area contributed by atoms with E-state index >= 15 is 0 Å². The maximum absolute atomic E-state index is 14.2. The van der Waals surface area contributed by atoms with Gasteiger partial charge in [0.1, 0.15) is 23.7 Å². The molecule has 2 aromatic rings. The molecule has 43 heavy (non-hydrogen) atoms. The molecule has 1 unspecified atom stereocenters. The van der Waals surface area contributed by atoms with Gasteiger partial charge in [0.15, 0.2) is 5.96 Å². The molecule has 0 aliphatic heterocycles. The number of amides is 3. The number of nitrogen functional groups attached to an aromatic ring is 1. The molecule has 1 fully saturated rings. The molecule has 11 nitrogen and oxygen atoms in total. The SMILES string of the molecule is Cl.N=C(N)c1ccc(CC(C(=O)N[C@H](C(=O)N[C@@H](CCCN=C(N)N)C(N)=O)C2CCCCC2)c2cccc(F)c2)cc1. The zero-order valence-electron chi connectivity index (χ0n) is 24.1. The maximum Gasteiger partial charge on any atom is 0.243 e. The van der Waals surface area contributed by atoms with Crippen LogP contribution in [0.1, 0.15) is 67.6 Å². The lowest BCUT2D eigenvalue weighted by Crippen LogP contribution is -2.56. The van der Waals surface area contributed by atoms with Crippen LogP contribution in [-0.4, -0.2) is 48.1 Å². The van der Waals surface area contributed by atoms with Crippen molar-refractivity contribution in [1.82, 2.24) is 10.6 Å². The van der Waals surface area contributed by atoms with Crippen LogP contribution < -0.4 is 33.6 Å². The van der Waals surface area contributed by atoms with Gasteiger partial charge in [0.25, 0.3) is 0 Å². The fourth-order valence-corrected chi connectivity index (χ4v) is 5.31. The molecule has 0 heterocycles. The standard InChI is InChI=1S/C30H41FN8O3.ClH/c31-22-9-4-8-21(17-22)23(16-18-11-13-20(14-12-18)26(32)33)28(41)39-25(19-6-2-1-3-7-19)29(42)38-24(27(34)40)10-5-15-37-30(35)36;/h4,8-9,11-14,17,19,23-25H,1-3,5-7,10,15-16H2,(H3,32,33)(H2,34,40)(H,38,42)(H,39,41)(H4,35,36,37);1H/t23?,24-,25-;/m0./s1. The van der Waals surface area contributed by atoms with E-state index in [2.05, 4.69) is 15.6 Å². The lowest BCUT2D eigenvalue weighted by molar-refractivity contribution is -0.133. The first-order valence-electron chi connectivity index (χ1n) is 14.2. The molecule has 0 aromatic heterocycles. The highest BCUT2D eigenvalue weighted by Crippen LogP contribution is 2.29. The summed E-state index contributed by atoms with van der Waals surface area (Å²) in [5.74, 6) is -3.22. The molecule has 1 aliphatic carbocycles. The van der Waals surface area contributed by atoms with Crippen molar-refractivity contribution in [2.75, 3.05) is 6.54 Å². The van der Waals surface area contributed by atoms with Gasteiger partial charge in [-0.15, -0.1) is 12.4 Å². The van der Waals surface area contributed by atoms with E-state index in [0.717, 1.165) is 37.7 Å². The zero-order valence-corrected chi connectivity index (χ0v) is 24.9. The summed E-state index contributed by atoms with van der Waals surface area (Å²) in [7, 11) is 0. The van der Waals surface area contributed by atoms with Crippen molar-refractivity contribution in [1.29, 1.82) is 5.41 Å². The summed E-state index contributed by atoms with van der Waals surface area (Å²) < 4.78 is 14.2. The number of halogens is 2. The van der Waals surface area contributed by atoms with Crippen LogP contribution in [0, 0.1) is 17.1 Å². The molecule has 1 saturated carbocycles.